The van der Waals surface area contributed by atoms with Gasteiger partial charge in [-0.15, -0.1) is 11.6 Å². The number of aromatic nitrogens is 2. The SMILES string of the molecule is CC(CS(C)=O)n1c(CCCl)nc2cc(F)c(Cl)cc21. The molecule has 2 rings (SSSR count). The van der Waals surface area contributed by atoms with Gasteiger partial charge in [0.05, 0.1) is 16.1 Å². The first-order valence-corrected chi connectivity index (χ1v) is 8.79. The smallest absolute Gasteiger partial charge is 0.144 e. The average molecular weight is 337 g/mol. The molecular weight excluding hydrogens is 322 g/mol. The van der Waals surface area contributed by atoms with Crippen molar-refractivity contribution in [3.63, 3.8) is 0 Å². The number of benzene rings is 1. The highest BCUT2D eigenvalue weighted by Gasteiger charge is 2.18. The van der Waals surface area contributed by atoms with Crippen molar-refractivity contribution in [2.24, 2.45) is 0 Å². The third-order valence-corrected chi connectivity index (χ3v) is 4.47. The lowest BCUT2D eigenvalue weighted by Gasteiger charge is -2.16. The van der Waals surface area contributed by atoms with Crippen LogP contribution in [0.3, 0.4) is 0 Å². The second-order valence-electron chi connectivity index (χ2n) is 4.68. The molecule has 0 bridgehead atoms. The molecule has 0 N–H and O–H groups in total. The second-order valence-corrected chi connectivity index (χ2v) is 6.95. The molecule has 7 heteroatoms. The van der Waals surface area contributed by atoms with Crippen LogP contribution in [0.1, 0.15) is 18.8 Å². The molecule has 1 heterocycles. The molecule has 0 fully saturated rings. The topological polar surface area (TPSA) is 34.9 Å². The minimum Gasteiger partial charge on any atom is -0.324 e. The Morgan fingerprint density at radius 1 is 1.50 bits per heavy atom. The summed E-state index contributed by atoms with van der Waals surface area (Å²) < 4.78 is 26.9. The lowest BCUT2D eigenvalue weighted by Crippen LogP contribution is -2.16. The summed E-state index contributed by atoms with van der Waals surface area (Å²) in [6.45, 7) is 1.96. The zero-order valence-corrected chi connectivity index (χ0v) is 13.5. The van der Waals surface area contributed by atoms with Crippen LogP contribution in [0.2, 0.25) is 5.02 Å². The Bertz CT molecular complexity index is 659. The maximum atomic E-state index is 13.5. The van der Waals surface area contributed by atoms with Gasteiger partial charge in [-0.2, -0.15) is 0 Å². The van der Waals surface area contributed by atoms with Gasteiger partial charge in [-0.3, -0.25) is 4.21 Å². The number of aryl methyl sites for hydroxylation is 1. The normalized spacial score (nSPS) is 14.7. The van der Waals surface area contributed by atoms with Crippen molar-refractivity contribution in [2.75, 3.05) is 17.9 Å². The maximum absolute atomic E-state index is 13.5. The fourth-order valence-electron chi connectivity index (χ4n) is 2.31. The van der Waals surface area contributed by atoms with E-state index in [0.717, 1.165) is 11.3 Å². The highest BCUT2D eigenvalue weighted by molar-refractivity contribution is 7.84. The molecule has 0 radical (unpaired) electrons. The van der Waals surface area contributed by atoms with E-state index in [1.165, 1.54) is 6.07 Å². The van der Waals surface area contributed by atoms with Crippen LogP contribution in [0.25, 0.3) is 11.0 Å². The predicted molar refractivity (Wildman–Crippen MR) is 82.8 cm³/mol. The average Bonchev–Trinajstić information content (AvgIpc) is 2.67. The van der Waals surface area contributed by atoms with E-state index < -0.39 is 16.6 Å². The molecule has 0 aliphatic rings. The van der Waals surface area contributed by atoms with Crippen molar-refractivity contribution < 1.29 is 8.60 Å². The van der Waals surface area contributed by atoms with Gasteiger partial charge in [-0.05, 0) is 13.0 Å². The first kappa shape index (κ1) is 15.7. The zero-order chi connectivity index (χ0) is 14.9. The van der Waals surface area contributed by atoms with E-state index in [-0.39, 0.29) is 11.1 Å². The molecule has 110 valence electrons. The Kier molecular flexibility index (Phi) is 5.04. The summed E-state index contributed by atoms with van der Waals surface area (Å²) >= 11 is 11.6. The molecule has 1 aromatic heterocycles. The van der Waals surface area contributed by atoms with Crippen LogP contribution in [0.15, 0.2) is 12.1 Å². The molecule has 3 nitrogen and oxygen atoms in total. The highest BCUT2D eigenvalue weighted by atomic mass is 35.5. The van der Waals surface area contributed by atoms with Crippen molar-refractivity contribution in [3.8, 4) is 0 Å². The summed E-state index contributed by atoms with van der Waals surface area (Å²) in [5, 5.41) is 0.0564. The van der Waals surface area contributed by atoms with Crippen molar-refractivity contribution in [1.29, 1.82) is 0 Å². The Hall–Kier alpha value is -0.650. The Morgan fingerprint density at radius 3 is 2.80 bits per heavy atom. The van der Waals surface area contributed by atoms with E-state index in [2.05, 4.69) is 4.98 Å². The molecular formula is C13H15Cl2FN2OS. The summed E-state index contributed by atoms with van der Waals surface area (Å²) in [6.07, 6.45) is 2.22. The molecule has 0 saturated carbocycles. The van der Waals surface area contributed by atoms with Crippen molar-refractivity contribution in [2.45, 2.75) is 19.4 Å². The van der Waals surface area contributed by atoms with Gasteiger partial charge >= 0.3 is 0 Å². The van der Waals surface area contributed by atoms with E-state index in [1.54, 1.807) is 12.3 Å². The fraction of sp³-hybridized carbons (Fsp3) is 0.462. The number of hydrogen-bond donors (Lipinski definition) is 0. The van der Waals surface area contributed by atoms with Gasteiger partial charge in [0.15, 0.2) is 0 Å². The molecule has 0 saturated heterocycles. The molecule has 0 amide bonds. The molecule has 2 unspecified atom stereocenters. The van der Waals surface area contributed by atoms with Crippen LogP contribution in [0, 0.1) is 5.82 Å². The molecule has 2 atom stereocenters. The quantitative estimate of drug-likeness (QED) is 0.782. The van der Waals surface area contributed by atoms with Crippen LogP contribution in [-0.2, 0) is 17.2 Å². The van der Waals surface area contributed by atoms with Crippen molar-refractivity contribution in [3.05, 3.63) is 28.8 Å². The van der Waals surface area contributed by atoms with Crippen molar-refractivity contribution in [1.82, 2.24) is 9.55 Å². The molecule has 1 aromatic carbocycles. The molecule has 2 aromatic rings. The fourth-order valence-corrected chi connectivity index (χ4v) is 3.46. The van der Waals surface area contributed by atoms with Crippen molar-refractivity contribution >= 4 is 45.0 Å². The summed E-state index contributed by atoms with van der Waals surface area (Å²) in [5.74, 6) is 1.18. The van der Waals surface area contributed by atoms with Crippen LogP contribution in [-0.4, -0.2) is 31.6 Å². The van der Waals surface area contributed by atoms with Gasteiger partial charge in [0, 0.05) is 47.2 Å². The summed E-state index contributed by atoms with van der Waals surface area (Å²) in [6, 6.07) is 2.86. The summed E-state index contributed by atoms with van der Waals surface area (Å²) in [4.78, 5) is 4.41. The summed E-state index contributed by atoms with van der Waals surface area (Å²) in [7, 11) is -0.934. The zero-order valence-electron chi connectivity index (χ0n) is 11.2. The Labute approximate surface area is 129 Å². The molecule has 0 aliphatic heterocycles. The van der Waals surface area contributed by atoms with E-state index in [9.17, 15) is 8.60 Å². The van der Waals surface area contributed by atoms with E-state index >= 15 is 0 Å². The lowest BCUT2D eigenvalue weighted by atomic mass is 10.2. The number of hydrogen-bond acceptors (Lipinski definition) is 2. The Balaban J connectivity index is 2.61. The summed E-state index contributed by atoms with van der Waals surface area (Å²) in [5.41, 5.74) is 1.29. The van der Waals surface area contributed by atoms with Gasteiger partial charge in [0.25, 0.3) is 0 Å². The van der Waals surface area contributed by atoms with Gasteiger partial charge < -0.3 is 4.57 Å². The number of nitrogens with zero attached hydrogens (tertiary/aromatic N) is 2. The number of alkyl halides is 1. The van der Waals surface area contributed by atoms with E-state index in [1.807, 2.05) is 11.5 Å². The van der Waals surface area contributed by atoms with Gasteiger partial charge in [-0.25, -0.2) is 9.37 Å². The molecule has 0 aliphatic carbocycles. The number of fused-ring (bicyclic) bond motifs is 1. The minimum absolute atomic E-state index is 0.0226. The Morgan fingerprint density at radius 2 is 2.20 bits per heavy atom. The van der Waals surface area contributed by atoms with Gasteiger partial charge in [0.2, 0.25) is 0 Å². The van der Waals surface area contributed by atoms with Crippen LogP contribution in [0.5, 0.6) is 0 Å². The van der Waals surface area contributed by atoms with Crippen LogP contribution in [0.4, 0.5) is 4.39 Å². The first-order valence-electron chi connectivity index (χ1n) is 6.16. The third-order valence-electron chi connectivity index (χ3n) is 3.04. The minimum atomic E-state index is -0.934. The lowest BCUT2D eigenvalue weighted by molar-refractivity contribution is 0.586. The largest absolute Gasteiger partial charge is 0.324 e. The first-order chi connectivity index (χ1) is 9.43. The number of halogens is 3. The number of imidazole rings is 1. The monoisotopic (exact) mass is 336 g/mol. The van der Waals surface area contributed by atoms with E-state index in [0.29, 0.717) is 23.6 Å². The number of rotatable bonds is 5. The molecule has 20 heavy (non-hydrogen) atoms. The van der Waals surface area contributed by atoms with Crippen LogP contribution >= 0.6 is 23.2 Å². The highest BCUT2D eigenvalue weighted by Crippen LogP contribution is 2.27. The van der Waals surface area contributed by atoms with E-state index in [4.69, 9.17) is 23.2 Å². The second kappa shape index (κ2) is 6.41. The molecule has 0 spiro atoms. The standard InChI is InChI=1S/C13H15Cl2FN2OS/c1-8(7-20(2)19)18-12-5-9(15)10(16)6-11(12)17-13(18)3-4-14/h5-6,8H,3-4,7H2,1-2H3. The van der Waals surface area contributed by atoms with Gasteiger partial charge in [-0.1, -0.05) is 11.6 Å². The maximum Gasteiger partial charge on any atom is 0.144 e. The predicted octanol–water partition coefficient (Wildman–Crippen LogP) is 3.55. The van der Waals surface area contributed by atoms with Gasteiger partial charge in [0.1, 0.15) is 11.6 Å². The van der Waals surface area contributed by atoms with Crippen LogP contribution < -0.4 is 0 Å². The third kappa shape index (κ3) is 3.15.